The van der Waals surface area contributed by atoms with Gasteiger partial charge < -0.3 is 19.5 Å². The predicted molar refractivity (Wildman–Crippen MR) is 111 cm³/mol. The summed E-state index contributed by atoms with van der Waals surface area (Å²) in [6.45, 7) is 9.39. The number of nitrogens with one attached hydrogen (secondary N) is 1. The monoisotopic (exact) mass is 385 g/mol. The second kappa shape index (κ2) is 8.39. The first-order chi connectivity index (χ1) is 13.7. The van der Waals surface area contributed by atoms with Gasteiger partial charge in [-0.05, 0) is 38.8 Å². The molecule has 1 N–H and O–H groups in total. The Hall–Kier alpha value is -2.28. The van der Waals surface area contributed by atoms with Crippen molar-refractivity contribution < 1.29 is 9.53 Å². The van der Waals surface area contributed by atoms with Crippen LogP contribution in [0.15, 0.2) is 18.2 Å². The molecule has 0 atom stereocenters. The molecule has 7 heteroatoms. The van der Waals surface area contributed by atoms with Crippen LogP contribution in [0.1, 0.15) is 39.5 Å². The molecule has 1 saturated heterocycles. The van der Waals surface area contributed by atoms with Gasteiger partial charge >= 0.3 is 6.09 Å². The highest BCUT2D eigenvalue weighted by molar-refractivity contribution is 5.81. The number of nitrogens with zero attached hydrogens (tertiary/aromatic N) is 4. The summed E-state index contributed by atoms with van der Waals surface area (Å²) < 4.78 is 5.47. The minimum absolute atomic E-state index is 0.334. The summed E-state index contributed by atoms with van der Waals surface area (Å²) in [5.74, 6) is 1.43. The highest BCUT2D eigenvalue weighted by Crippen LogP contribution is 2.27. The minimum atomic E-state index is -0.334. The van der Waals surface area contributed by atoms with Gasteiger partial charge in [0.1, 0.15) is 11.5 Å². The molecule has 0 unspecified atom stereocenters. The van der Waals surface area contributed by atoms with E-state index in [1.165, 1.54) is 25.7 Å². The van der Waals surface area contributed by atoms with E-state index in [1.807, 2.05) is 26.0 Å². The van der Waals surface area contributed by atoms with Crippen molar-refractivity contribution in [3.63, 3.8) is 0 Å². The third-order valence-corrected chi connectivity index (χ3v) is 6.14. The average molecular weight is 386 g/mol. The summed E-state index contributed by atoms with van der Waals surface area (Å²) in [5, 5.41) is 0.954. The molecule has 0 spiro atoms. The maximum Gasteiger partial charge on any atom is 0.416 e. The van der Waals surface area contributed by atoms with Gasteiger partial charge in [0.15, 0.2) is 0 Å². The second-order valence-corrected chi connectivity index (χ2v) is 7.74. The molecular weight excluding hydrogens is 354 g/mol. The van der Waals surface area contributed by atoms with Gasteiger partial charge in [-0.2, -0.15) is 0 Å². The zero-order chi connectivity index (χ0) is 19.5. The highest BCUT2D eigenvalue weighted by Gasteiger charge is 2.26. The number of H-pyrrole nitrogens is 1. The number of aromatic nitrogens is 2. The Morgan fingerprint density at radius 1 is 1.18 bits per heavy atom. The molecule has 2 fully saturated rings. The summed E-state index contributed by atoms with van der Waals surface area (Å²) in [7, 11) is 0. The Bertz CT molecular complexity index is 802. The van der Waals surface area contributed by atoms with Crippen LogP contribution in [0.4, 0.5) is 10.6 Å². The molecule has 28 heavy (non-hydrogen) atoms. The number of pyridine rings is 1. The number of hydrogen-bond acceptors (Lipinski definition) is 5. The molecule has 0 bridgehead atoms. The van der Waals surface area contributed by atoms with Crippen LogP contribution in [0.5, 0.6) is 5.88 Å². The number of aromatic amines is 1. The molecule has 0 radical (unpaired) electrons. The van der Waals surface area contributed by atoms with E-state index in [4.69, 9.17) is 9.72 Å². The number of amides is 1. The van der Waals surface area contributed by atoms with Crippen LogP contribution in [0, 0.1) is 0 Å². The number of ether oxygens (including phenoxy) is 1. The fourth-order valence-corrected chi connectivity index (χ4v) is 4.43. The molecule has 152 valence electrons. The Morgan fingerprint density at radius 2 is 1.89 bits per heavy atom. The Morgan fingerprint density at radius 3 is 2.57 bits per heavy atom. The Labute approximate surface area is 166 Å². The molecule has 2 aromatic rings. The van der Waals surface area contributed by atoms with E-state index in [1.54, 1.807) is 4.90 Å². The van der Waals surface area contributed by atoms with Crippen LogP contribution < -0.4 is 9.64 Å². The van der Waals surface area contributed by atoms with Crippen LogP contribution in [0.25, 0.3) is 11.0 Å². The SMILES string of the molecule is CCN(CC)C(=O)Oc1cc2ccc(N3CCN(C4CCCC4)CC3)nc2[nH]1. The Kier molecular flexibility index (Phi) is 5.71. The standard InChI is InChI=1S/C21H31N5O2/c1-3-24(4-2)21(27)28-19-15-16-9-10-18(22-20(16)23-19)26-13-11-25(12-14-26)17-7-5-6-8-17/h9-10,15,17H,3-8,11-14H2,1-2H3,(H,22,23). The topological polar surface area (TPSA) is 64.7 Å². The maximum absolute atomic E-state index is 12.2. The number of rotatable bonds is 5. The quantitative estimate of drug-likeness (QED) is 0.854. The van der Waals surface area contributed by atoms with Gasteiger partial charge in [-0.25, -0.2) is 9.78 Å². The van der Waals surface area contributed by atoms with Crippen molar-refractivity contribution in [3.8, 4) is 5.88 Å². The van der Waals surface area contributed by atoms with Crippen molar-refractivity contribution >= 4 is 22.9 Å². The van der Waals surface area contributed by atoms with Crippen molar-refractivity contribution in [3.05, 3.63) is 18.2 Å². The van der Waals surface area contributed by atoms with E-state index < -0.39 is 0 Å². The average Bonchev–Trinajstić information content (AvgIpc) is 3.38. The number of carbonyl (C=O) groups excluding carboxylic acids is 1. The summed E-state index contributed by atoms with van der Waals surface area (Å²) in [6.07, 6.45) is 5.16. The fourth-order valence-electron chi connectivity index (χ4n) is 4.43. The molecular formula is C21H31N5O2. The van der Waals surface area contributed by atoms with E-state index in [2.05, 4.69) is 20.9 Å². The summed E-state index contributed by atoms with van der Waals surface area (Å²) in [6, 6.07) is 6.75. The van der Waals surface area contributed by atoms with E-state index in [9.17, 15) is 4.79 Å². The molecule has 0 aromatic carbocycles. The van der Waals surface area contributed by atoms with Gasteiger partial charge in [0, 0.05) is 56.8 Å². The van der Waals surface area contributed by atoms with Crippen LogP contribution >= 0.6 is 0 Å². The summed E-state index contributed by atoms with van der Waals surface area (Å²) in [5.41, 5.74) is 0.762. The van der Waals surface area contributed by atoms with Gasteiger partial charge in [-0.1, -0.05) is 12.8 Å². The zero-order valence-corrected chi connectivity index (χ0v) is 17.0. The van der Waals surface area contributed by atoms with E-state index in [0.717, 1.165) is 49.1 Å². The van der Waals surface area contributed by atoms with Gasteiger partial charge in [-0.3, -0.25) is 4.90 Å². The molecule has 1 aliphatic carbocycles. The predicted octanol–water partition coefficient (Wildman–Crippen LogP) is 3.47. The lowest BCUT2D eigenvalue weighted by molar-refractivity contribution is 0.156. The molecule has 1 saturated carbocycles. The molecule has 3 heterocycles. The summed E-state index contributed by atoms with van der Waals surface area (Å²) >= 11 is 0. The van der Waals surface area contributed by atoms with Crippen molar-refractivity contribution in [2.75, 3.05) is 44.2 Å². The van der Waals surface area contributed by atoms with Crippen molar-refractivity contribution in [1.29, 1.82) is 0 Å². The lowest BCUT2D eigenvalue weighted by Crippen LogP contribution is -2.49. The summed E-state index contributed by atoms with van der Waals surface area (Å²) in [4.78, 5) is 26.7. The second-order valence-electron chi connectivity index (χ2n) is 7.74. The number of piperazine rings is 1. The minimum Gasteiger partial charge on any atom is -0.393 e. The van der Waals surface area contributed by atoms with Crippen LogP contribution in [0.2, 0.25) is 0 Å². The highest BCUT2D eigenvalue weighted by atomic mass is 16.6. The number of hydrogen-bond donors (Lipinski definition) is 1. The van der Waals surface area contributed by atoms with Crippen LogP contribution in [-0.2, 0) is 0 Å². The normalized spacial score (nSPS) is 18.7. The van der Waals surface area contributed by atoms with Crippen LogP contribution in [0.3, 0.4) is 0 Å². The Balaban J connectivity index is 1.41. The molecule has 1 amide bonds. The van der Waals surface area contributed by atoms with Gasteiger partial charge in [-0.15, -0.1) is 0 Å². The van der Waals surface area contributed by atoms with Crippen molar-refractivity contribution in [1.82, 2.24) is 19.8 Å². The number of fused-ring (bicyclic) bond motifs is 1. The lowest BCUT2D eigenvalue weighted by atomic mass is 10.2. The third kappa shape index (κ3) is 3.94. The largest absolute Gasteiger partial charge is 0.416 e. The molecule has 2 aliphatic rings. The van der Waals surface area contributed by atoms with Crippen molar-refractivity contribution in [2.45, 2.75) is 45.6 Å². The van der Waals surface area contributed by atoms with E-state index >= 15 is 0 Å². The van der Waals surface area contributed by atoms with Crippen molar-refractivity contribution in [2.24, 2.45) is 0 Å². The van der Waals surface area contributed by atoms with E-state index in [0.29, 0.717) is 19.0 Å². The van der Waals surface area contributed by atoms with Gasteiger partial charge in [0.25, 0.3) is 0 Å². The molecule has 4 rings (SSSR count). The zero-order valence-electron chi connectivity index (χ0n) is 17.0. The first-order valence-electron chi connectivity index (χ1n) is 10.6. The van der Waals surface area contributed by atoms with E-state index in [-0.39, 0.29) is 6.09 Å². The smallest absolute Gasteiger partial charge is 0.393 e. The maximum atomic E-state index is 12.2. The van der Waals surface area contributed by atoms with Crippen LogP contribution in [-0.4, -0.2) is 71.2 Å². The lowest BCUT2D eigenvalue weighted by Gasteiger charge is -2.38. The number of anilines is 1. The third-order valence-electron chi connectivity index (χ3n) is 6.14. The first-order valence-corrected chi connectivity index (χ1v) is 10.6. The number of carbonyl (C=O) groups is 1. The molecule has 1 aliphatic heterocycles. The van der Waals surface area contributed by atoms with Gasteiger partial charge in [0.05, 0.1) is 0 Å². The fraction of sp³-hybridized carbons (Fsp3) is 0.619. The first kappa shape index (κ1) is 19.1. The molecule has 7 nitrogen and oxygen atoms in total. The molecule has 2 aromatic heterocycles. The van der Waals surface area contributed by atoms with Gasteiger partial charge in [0.2, 0.25) is 5.88 Å².